The molecule has 0 heterocycles. The Balaban J connectivity index is 2.65. The molecule has 0 aromatic heterocycles. The van der Waals surface area contributed by atoms with Crippen LogP contribution in [0, 0.1) is 0 Å². The summed E-state index contributed by atoms with van der Waals surface area (Å²) in [6.45, 7) is 11.6. The number of rotatable bonds is 8. The standard InChI is InChI=1S/C17H23NO5S/c1-6-12(3)16(13(4)7-2)22-17(19)23-18-14-8-10-15(11-9-14)24(5,20)21/h8-11,16,18H,3-4,6-7H2,1-2,5H3. The number of nitrogens with one attached hydrogen (secondary N) is 1. The van der Waals surface area contributed by atoms with E-state index in [1.54, 1.807) is 0 Å². The average Bonchev–Trinajstić information content (AvgIpc) is 2.56. The molecule has 0 aliphatic heterocycles. The minimum Gasteiger partial charge on any atom is -0.420 e. The molecule has 0 spiro atoms. The normalized spacial score (nSPS) is 11.0. The number of ether oxygens (including phenoxy) is 1. The highest BCUT2D eigenvalue weighted by Gasteiger charge is 2.20. The quantitative estimate of drug-likeness (QED) is 0.434. The van der Waals surface area contributed by atoms with E-state index in [-0.39, 0.29) is 4.90 Å². The van der Waals surface area contributed by atoms with Crippen LogP contribution in [0.2, 0.25) is 0 Å². The summed E-state index contributed by atoms with van der Waals surface area (Å²) in [5.74, 6) is 0. The van der Waals surface area contributed by atoms with Crippen molar-refractivity contribution in [2.24, 2.45) is 0 Å². The Bertz CT molecular complexity index is 691. The number of carbonyl (C=O) groups excluding carboxylic acids is 1. The number of hydrogen-bond donors (Lipinski definition) is 1. The zero-order valence-corrected chi connectivity index (χ0v) is 15.0. The van der Waals surface area contributed by atoms with Gasteiger partial charge in [-0.15, -0.1) is 0 Å². The molecule has 0 aliphatic rings. The molecular weight excluding hydrogens is 330 g/mol. The van der Waals surface area contributed by atoms with Gasteiger partial charge in [-0.25, -0.2) is 18.7 Å². The highest BCUT2D eigenvalue weighted by molar-refractivity contribution is 7.90. The van der Waals surface area contributed by atoms with Gasteiger partial charge < -0.3 is 9.57 Å². The third-order valence-corrected chi connectivity index (χ3v) is 4.53. The predicted octanol–water partition coefficient (Wildman–Crippen LogP) is 3.87. The summed E-state index contributed by atoms with van der Waals surface area (Å²) in [4.78, 5) is 16.8. The van der Waals surface area contributed by atoms with Gasteiger partial charge in [-0.1, -0.05) is 27.0 Å². The molecule has 1 aromatic carbocycles. The Morgan fingerprint density at radius 3 is 2.04 bits per heavy atom. The largest absolute Gasteiger partial charge is 0.534 e. The smallest absolute Gasteiger partial charge is 0.420 e. The first kappa shape index (κ1) is 19.8. The van der Waals surface area contributed by atoms with E-state index in [0.717, 1.165) is 17.4 Å². The van der Waals surface area contributed by atoms with Crippen molar-refractivity contribution < 1.29 is 22.8 Å². The molecule has 1 aromatic rings. The van der Waals surface area contributed by atoms with Gasteiger partial charge in [-0.3, -0.25) is 0 Å². The van der Waals surface area contributed by atoms with Gasteiger partial charge >= 0.3 is 6.16 Å². The molecule has 1 rings (SSSR count). The Morgan fingerprint density at radius 2 is 1.62 bits per heavy atom. The first-order valence-electron chi connectivity index (χ1n) is 7.48. The van der Waals surface area contributed by atoms with E-state index in [9.17, 15) is 13.2 Å². The fourth-order valence-electron chi connectivity index (χ4n) is 1.82. The molecule has 0 bridgehead atoms. The highest BCUT2D eigenvalue weighted by atomic mass is 32.2. The third-order valence-electron chi connectivity index (χ3n) is 3.40. The maximum Gasteiger partial charge on any atom is 0.534 e. The summed E-state index contributed by atoms with van der Waals surface area (Å²) >= 11 is 0. The molecule has 0 aliphatic carbocycles. The van der Waals surface area contributed by atoms with E-state index >= 15 is 0 Å². The van der Waals surface area contributed by atoms with Crippen LogP contribution in [0.25, 0.3) is 0 Å². The summed E-state index contributed by atoms with van der Waals surface area (Å²) in [7, 11) is -3.27. The highest BCUT2D eigenvalue weighted by Crippen LogP contribution is 2.20. The lowest BCUT2D eigenvalue weighted by atomic mass is 10.0. The zero-order valence-electron chi connectivity index (χ0n) is 14.2. The van der Waals surface area contributed by atoms with Crippen LogP contribution >= 0.6 is 0 Å². The van der Waals surface area contributed by atoms with Gasteiger partial charge in [0.15, 0.2) is 9.84 Å². The van der Waals surface area contributed by atoms with E-state index in [2.05, 4.69) is 18.6 Å². The average molecular weight is 353 g/mol. The van der Waals surface area contributed by atoms with E-state index in [1.807, 2.05) is 13.8 Å². The van der Waals surface area contributed by atoms with Crippen LogP contribution in [0.1, 0.15) is 26.7 Å². The minimum atomic E-state index is -3.27. The van der Waals surface area contributed by atoms with E-state index < -0.39 is 22.1 Å². The summed E-state index contributed by atoms with van der Waals surface area (Å²) in [6.07, 6.45) is 0.901. The van der Waals surface area contributed by atoms with E-state index in [4.69, 9.17) is 9.57 Å². The SMILES string of the molecule is C=C(CC)C(OC(=O)ONc1ccc(S(C)(=O)=O)cc1)C(=C)CC. The first-order chi connectivity index (χ1) is 11.2. The molecule has 0 amide bonds. The molecule has 6 nitrogen and oxygen atoms in total. The fourth-order valence-corrected chi connectivity index (χ4v) is 2.45. The Hall–Kier alpha value is -2.28. The summed E-state index contributed by atoms with van der Waals surface area (Å²) < 4.78 is 28.0. The van der Waals surface area contributed by atoms with Gasteiger partial charge in [0.05, 0.1) is 10.6 Å². The van der Waals surface area contributed by atoms with Crippen molar-refractivity contribution in [1.82, 2.24) is 0 Å². The molecule has 0 radical (unpaired) electrons. The van der Waals surface area contributed by atoms with E-state index in [0.29, 0.717) is 18.5 Å². The Morgan fingerprint density at radius 1 is 1.12 bits per heavy atom. The van der Waals surface area contributed by atoms with Gasteiger partial charge in [0.2, 0.25) is 0 Å². The lowest BCUT2D eigenvalue weighted by Gasteiger charge is -2.20. The van der Waals surface area contributed by atoms with Crippen molar-refractivity contribution in [1.29, 1.82) is 0 Å². The maximum absolute atomic E-state index is 11.8. The van der Waals surface area contributed by atoms with Crippen LogP contribution in [0.3, 0.4) is 0 Å². The molecule has 132 valence electrons. The summed E-state index contributed by atoms with van der Waals surface area (Å²) in [5, 5.41) is 0. The summed E-state index contributed by atoms with van der Waals surface area (Å²) in [6, 6.07) is 5.79. The molecular formula is C17H23NO5S. The van der Waals surface area contributed by atoms with Crippen molar-refractivity contribution in [2.45, 2.75) is 37.7 Å². The maximum atomic E-state index is 11.8. The van der Waals surface area contributed by atoms with Crippen LogP contribution in [-0.2, 0) is 19.4 Å². The van der Waals surface area contributed by atoms with Crippen molar-refractivity contribution in [3.63, 3.8) is 0 Å². The van der Waals surface area contributed by atoms with Crippen LogP contribution in [0.4, 0.5) is 10.5 Å². The van der Waals surface area contributed by atoms with Crippen LogP contribution in [-0.4, -0.2) is 26.9 Å². The molecule has 24 heavy (non-hydrogen) atoms. The van der Waals surface area contributed by atoms with Crippen molar-refractivity contribution in [2.75, 3.05) is 11.7 Å². The second kappa shape index (κ2) is 8.54. The van der Waals surface area contributed by atoms with Gasteiger partial charge in [0, 0.05) is 6.26 Å². The van der Waals surface area contributed by atoms with Crippen molar-refractivity contribution in [3.05, 3.63) is 48.6 Å². The first-order valence-corrected chi connectivity index (χ1v) is 9.37. The van der Waals surface area contributed by atoms with Crippen LogP contribution in [0.5, 0.6) is 0 Å². The Kier molecular flexibility index (Phi) is 7.03. The van der Waals surface area contributed by atoms with Crippen LogP contribution < -0.4 is 5.48 Å². The lowest BCUT2D eigenvalue weighted by Crippen LogP contribution is -2.23. The molecule has 7 heteroatoms. The number of carbonyl (C=O) groups is 1. The monoisotopic (exact) mass is 353 g/mol. The number of sulfone groups is 1. The number of hydrogen-bond acceptors (Lipinski definition) is 6. The fraction of sp³-hybridized carbons (Fsp3) is 0.353. The molecule has 0 atom stereocenters. The molecule has 0 unspecified atom stereocenters. The number of anilines is 1. The van der Waals surface area contributed by atoms with Crippen molar-refractivity contribution in [3.8, 4) is 0 Å². The van der Waals surface area contributed by atoms with E-state index in [1.165, 1.54) is 24.3 Å². The van der Waals surface area contributed by atoms with Gasteiger partial charge in [-0.2, -0.15) is 0 Å². The van der Waals surface area contributed by atoms with Crippen molar-refractivity contribution >= 4 is 21.7 Å². The van der Waals surface area contributed by atoms with Gasteiger partial charge in [-0.05, 0) is 48.3 Å². The lowest BCUT2D eigenvalue weighted by molar-refractivity contribution is 0.0572. The second-order valence-electron chi connectivity index (χ2n) is 5.27. The Labute approximate surface area is 143 Å². The predicted molar refractivity (Wildman–Crippen MR) is 93.4 cm³/mol. The third kappa shape index (κ3) is 5.73. The zero-order chi connectivity index (χ0) is 18.3. The molecule has 0 saturated carbocycles. The second-order valence-corrected chi connectivity index (χ2v) is 7.29. The van der Waals surface area contributed by atoms with Gasteiger partial charge in [0.1, 0.15) is 6.10 Å². The van der Waals surface area contributed by atoms with Gasteiger partial charge in [0.25, 0.3) is 0 Å². The van der Waals surface area contributed by atoms with Crippen LogP contribution in [0.15, 0.2) is 53.5 Å². The minimum absolute atomic E-state index is 0.175. The molecule has 1 N–H and O–H groups in total. The topological polar surface area (TPSA) is 81.7 Å². The molecule has 0 saturated heterocycles. The molecule has 0 fully saturated rings. The summed E-state index contributed by atoms with van der Waals surface area (Å²) in [5.41, 5.74) is 4.30. The number of benzene rings is 1.